The fraction of sp³-hybridized carbons (Fsp3) is 0.714. The van der Waals surface area contributed by atoms with Crippen LogP contribution in [0.3, 0.4) is 0 Å². The Morgan fingerprint density at radius 3 is 3.00 bits per heavy atom. The number of carbonyl (C=O) groups excluding carboxylic acids is 1. The van der Waals surface area contributed by atoms with Gasteiger partial charge in [-0.05, 0) is 0 Å². The number of hydrogen-bond acceptors (Lipinski definition) is 3. The molecular formula is C7H10N2O2. The first-order chi connectivity index (χ1) is 5.22. The van der Waals surface area contributed by atoms with E-state index in [1.165, 1.54) is 0 Å². The van der Waals surface area contributed by atoms with Crippen LogP contribution in [-0.4, -0.2) is 30.4 Å². The summed E-state index contributed by atoms with van der Waals surface area (Å²) in [7, 11) is 0. The number of nitrogens with zero attached hydrogens (tertiary/aromatic N) is 1. The second-order valence-corrected chi connectivity index (χ2v) is 3.12. The Balaban J connectivity index is 1.92. The molecule has 0 aromatic heterocycles. The first-order valence-electron chi connectivity index (χ1n) is 3.67. The van der Waals surface area contributed by atoms with Crippen LogP contribution in [0.4, 0.5) is 0 Å². The summed E-state index contributed by atoms with van der Waals surface area (Å²) >= 11 is 0. The molecule has 0 aliphatic carbocycles. The SMILES string of the molecule is NC(=O)C1CC2(CC=NC2)O1. The Morgan fingerprint density at radius 2 is 2.55 bits per heavy atom. The van der Waals surface area contributed by atoms with Gasteiger partial charge in [-0.15, -0.1) is 0 Å². The lowest BCUT2D eigenvalue weighted by Gasteiger charge is -2.42. The van der Waals surface area contributed by atoms with Crippen molar-refractivity contribution in [2.45, 2.75) is 24.5 Å². The van der Waals surface area contributed by atoms with Gasteiger partial charge < -0.3 is 10.5 Å². The van der Waals surface area contributed by atoms with E-state index in [-0.39, 0.29) is 17.6 Å². The van der Waals surface area contributed by atoms with Gasteiger partial charge in [-0.1, -0.05) is 0 Å². The van der Waals surface area contributed by atoms with Crippen LogP contribution in [0.15, 0.2) is 4.99 Å². The zero-order valence-electron chi connectivity index (χ0n) is 6.12. The molecule has 2 heterocycles. The standard InChI is InChI=1S/C7H10N2O2/c8-6(10)5-3-7(11-5)1-2-9-4-7/h2,5H,1,3-4H2,(H2,8,10). The number of hydrogen-bond donors (Lipinski definition) is 1. The van der Waals surface area contributed by atoms with E-state index in [0.29, 0.717) is 6.54 Å². The van der Waals surface area contributed by atoms with Gasteiger partial charge in [0.2, 0.25) is 5.91 Å². The lowest BCUT2D eigenvalue weighted by Crippen LogP contribution is -2.56. The summed E-state index contributed by atoms with van der Waals surface area (Å²) in [6.07, 6.45) is 3.05. The molecule has 4 nitrogen and oxygen atoms in total. The highest BCUT2D eigenvalue weighted by Gasteiger charge is 2.48. The van der Waals surface area contributed by atoms with Crippen molar-refractivity contribution in [2.24, 2.45) is 10.7 Å². The Labute approximate surface area is 64.4 Å². The van der Waals surface area contributed by atoms with Gasteiger partial charge in [0.05, 0.1) is 12.1 Å². The van der Waals surface area contributed by atoms with Crippen LogP contribution in [0.2, 0.25) is 0 Å². The Bertz CT molecular complexity index is 208. The summed E-state index contributed by atoms with van der Waals surface area (Å²) in [6, 6.07) is 0. The molecule has 1 saturated heterocycles. The van der Waals surface area contributed by atoms with Crippen molar-refractivity contribution in [3.8, 4) is 0 Å². The van der Waals surface area contributed by atoms with E-state index in [1.54, 1.807) is 0 Å². The normalized spacial score (nSPS) is 40.9. The summed E-state index contributed by atoms with van der Waals surface area (Å²) in [6.45, 7) is 0.691. The topological polar surface area (TPSA) is 64.7 Å². The molecule has 1 fully saturated rings. The largest absolute Gasteiger partial charge is 0.367 e. The summed E-state index contributed by atoms with van der Waals surface area (Å²) in [4.78, 5) is 14.6. The molecule has 0 radical (unpaired) electrons. The number of amides is 1. The second kappa shape index (κ2) is 2.04. The third-order valence-corrected chi connectivity index (χ3v) is 2.24. The predicted octanol–water partition coefficient (Wildman–Crippen LogP) is -0.526. The molecular weight excluding hydrogens is 144 g/mol. The number of aliphatic imine (C=N–C) groups is 1. The van der Waals surface area contributed by atoms with E-state index >= 15 is 0 Å². The van der Waals surface area contributed by atoms with E-state index in [9.17, 15) is 4.79 Å². The van der Waals surface area contributed by atoms with E-state index in [2.05, 4.69) is 4.99 Å². The molecule has 0 bridgehead atoms. The minimum Gasteiger partial charge on any atom is -0.367 e. The highest BCUT2D eigenvalue weighted by Crippen LogP contribution is 2.37. The van der Waals surface area contributed by atoms with E-state index in [0.717, 1.165) is 12.8 Å². The zero-order valence-corrected chi connectivity index (χ0v) is 6.12. The molecule has 2 aliphatic rings. The molecule has 60 valence electrons. The minimum atomic E-state index is -0.364. The fourth-order valence-electron chi connectivity index (χ4n) is 1.55. The third-order valence-electron chi connectivity index (χ3n) is 2.24. The van der Waals surface area contributed by atoms with Crippen molar-refractivity contribution in [3.05, 3.63) is 0 Å². The molecule has 4 heteroatoms. The maximum Gasteiger partial charge on any atom is 0.246 e. The number of rotatable bonds is 1. The van der Waals surface area contributed by atoms with Crippen LogP contribution in [0.1, 0.15) is 12.8 Å². The first kappa shape index (κ1) is 6.79. The van der Waals surface area contributed by atoms with Gasteiger partial charge in [0.15, 0.2) is 0 Å². The van der Waals surface area contributed by atoms with Crippen molar-refractivity contribution >= 4 is 12.1 Å². The third kappa shape index (κ3) is 0.939. The van der Waals surface area contributed by atoms with Crippen molar-refractivity contribution < 1.29 is 9.53 Å². The molecule has 2 aliphatic heterocycles. The number of carbonyl (C=O) groups is 1. The van der Waals surface area contributed by atoms with Gasteiger partial charge >= 0.3 is 0 Å². The second-order valence-electron chi connectivity index (χ2n) is 3.12. The van der Waals surface area contributed by atoms with Crippen LogP contribution in [0.25, 0.3) is 0 Å². The lowest BCUT2D eigenvalue weighted by atomic mass is 9.88. The summed E-state index contributed by atoms with van der Waals surface area (Å²) in [5.74, 6) is -0.359. The van der Waals surface area contributed by atoms with Crippen molar-refractivity contribution in [1.29, 1.82) is 0 Å². The predicted molar refractivity (Wildman–Crippen MR) is 39.4 cm³/mol. The van der Waals surface area contributed by atoms with Crippen LogP contribution < -0.4 is 5.73 Å². The molecule has 2 unspecified atom stereocenters. The maximum absolute atomic E-state index is 10.6. The molecule has 1 spiro atoms. The molecule has 0 saturated carbocycles. The van der Waals surface area contributed by atoms with Crippen molar-refractivity contribution in [2.75, 3.05) is 6.54 Å². The van der Waals surface area contributed by atoms with E-state index < -0.39 is 0 Å². The maximum atomic E-state index is 10.6. The number of nitrogens with two attached hydrogens (primary N) is 1. The van der Waals surface area contributed by atoms with Crippen molar-refractivity contribution in [1.82, 2.24) is 0 Å². The van der Waals surface area contributed by atoms with Crippen molar-refractivity contribution in [3.63, 3.8) is 0 Å². The summed E-state index contributed by atoms with van der Waals surface area (Å²) in [5.41, 5.74) is 4.89. The van der Waals surface area contributed by atoms with Gasteiger partial charge in [-0.25, -0.2) is 0 Å². The Kier molecular flexibility index (Phi) is 1.26. The van der Waals surface area contributed by atoms with Gasteiger partial charge in [0.25, 0.3) is 0 Å². The van der Waals surface area contributed by atoms with E-state index in [1.807, 2.05) is 6.21 Å². The Hall–Kier alpha value is -0.900. The molecule has 2 N–H and O–H groups in total. The summed E-state index contributed by atoms with van der Waals surface area (Å²) in [5, 5.41) is 0. The smallest absolute Gasteiger partial charge is 0.246 e. The van der Waals surface area contributed by atoms with Crippen LogP contribution >= 0.6 is 0 Å². The monoisotopic (exact) mass is 154 g/mol. The number of ether oxygens (including phenoxy) is 1. The quantitative estimate of drug-likeness (QED) is 0.552. The van der Waals surface area contributed by atoms with Gasteiger partial charge in [-0.2, -0.15) is 0 Å². The summed E-state index contributed by atoms with van der Waals surface area (Å²) < 4.78 is 5.35. The molecule has 2 atom stereocenters. The first-order valence-corrected chi connectivity index (χ1v) is 3.67. The zero-order chi connectivity index (χ0) is 7.90. The van der Waals surface area contributed by atoms with Crippen LogP contribution in [-0.2, 0) is 9.53 Å². The molecule has 0 aromatic rings. The minimum absolute atomic E-state index is 0.153. The lowest BCUT2D eigenvalue weighted by molar-refractivity contribution is -0.195. The Morgan fingerprint density at radius 1 is 1.82 bits per heavy atom. The van der Waals surface area contributed by atoms with Gasteiger partial charge in [0.1, 0.15) is 6.10 Å². The molecule has 0 aromatic carbocycles. The van der Waals surface area contributed by atoms with Gasteiger partial charge in [0, 0.05) is 19.1 Å². The molecule has 2 rings (SSSR count). The highest BCUT2D eigenvalue weighted by molar-refractivity contribution is 5.80. The average Bonchev–Trinajstić information content (AvgIpc) is 2.29. The highest BCUT2D eigenvalue weighted by atomic mass is 16.5. The number of primary amides is 1. The van der Waals surface area contributed by atoms with Crippen LogP contribution in [0.5, 0.6) is 0 Å². The molecule has 1 amide bonds. The fourth-order valence-corrected chi connectivity index (χ4v) is 1.55. The average molecular weight is 154 g/mol. The van der Waals surface area contributed by atoms with Crippen LogP contribution in [0, 0.1) is 0 Å². The molecule has 11 heavy (non-hydrogen) atoms. The van der Waals surface area contributed by atoms with E-state index in [4.69, 9.17) is 10.5 Å². The van der Waals surface area contributed by atoms with Gasteiger partial charge in [-0.3, -0.25) is 9.79 Å².